The third-order valence-electron chi connectivity index (χ3n) is 5.72. The van der Waals surface area contributed by atoms with Gasteiger partial charge in [-0.3, -0.25) is 4.79 Å². The third-order valence-corrected chi connectivity index (χ3v) is 6.96. The highest BCUT2D eigenvalue weighted by molar-refractivity contribution is 7.17. The van der Waals surface area contributed by atoms with Gasteiger partial charge in [0.15, 0.2) is 5.78 Å². The van der Waals surface area contributed by atoms with Gasteiger partial charge in [0.05, 0.1) is 17.6 Å². The lowest BCUT2D eigenvalue weighted by Crippen LogP contribution is -2.05. The number of rotatable bonds is 6. The maximum Gasteiger partial charge on any atom is 0.208 e. The molecule has 160 valence electrons. The van der Waals surface area contributed by atoms with Crippen LogP contribution in [0.4, 0.5) is 11.6 Å². The summed E-state index contributed by atoms with van der Waals surface area (Å²) in [5.74, 6) is 0.774. The van der Waals surface area contributed by atoms with E-state index in [2.05, 4.69) is 52.5 Å². The number of carbonyl (C=O) groups excluding carboxylic acids is 1. The van der Waals surface area contributed by atoms with Crippen molar-refractivity contribution in [2.24, 2.45) is 0 Å². The number of Topliss-reactive ketones (excluding diaryl/α,β-unsaturated/α-hetero) is 1. The molecule has 0 fully saturated rings. The molecule has 0 radical (unpaired) electrons. The second-order valence-corrected chi connectivity index (χ2v) is 9.21. The van der Waals surface area contributed by atoms with Gasteiger partial charge in [-0.15, -0.1) is 11.3 Å². The molecule has 3 aromatic carbocycles. The fourth-order valence-electron chi connectivity index (χ4n) is 3.90. The number of benzene rings is 3. The minimum atomic E-state index is 0.0320. The zero-order valence-corrected chi connectivity index (χ0v) is 19.4. The molecule has 5 aromatic rings. The highest BCUT2D eigenvalue weighted by atomic mass is 35.5. The number of carbonyl (C=O) groups is 1. The van der Waals surface area contributed by atoms with Crippen molar-refractivity contribution in [1.29, 1.82) is 0 Å². The van der Waals surface area contributed by atoms with Crippen molar-refractivity contribution in [3.8, 4) is 0 Å². The number of imidazole rings is 1. The number of halogens is 1. The van der Waals surface area contributed by atoms with Crippen LogP contribution in [0.5, 0.6) is 0 Å². The number of nitrogens with one attached hydrogen (secondary N) is 1. The monoisotopic (exact) mass is 459 g/mol. The van der Waals surface area contributed by atoms with Crippen LogP contribution in [0.3, 0.4) is 0 Å². The number of nitrogens with zero attached hydrogens (tertiary/aromatic N) is 2. The molecule has 5 rings (SSSR count). The topological polar surface area (TPSA) is 46.9 Å². The van der Waals surface area contributed by atoms with Gasteiger partial charge in [-0.2, -0.15) is 0 Å². The summed E-state index contributed by atoms with van der Waals surface area (Å²) in [5, 5.41) is 7.54. The minimum Gasteiger partial charge on any atom is -0.326 e. The summed E-state index contributed by atoms with van der Waals surface area (Å²) in [6.07, 6.45) is 1.00. The van der Waals surface area contributed by atoms with Crippen molar-refractivity contribution in [3.05, 3.63) is 87.8 Å². The summed E-state index contributed by atoms with van der Waals surface area (Å²) in [5.41, 5.74) is 5.88. The van der Waals surface area contributed by atoms with E-state index in [4.69, 9.17) is 16.6 Å². The SMILES string of the molecule is CCc1ccc(Nc2nc3cc(C(C)=O)ccc3n2Cc2csc3ccc(Cl)cc23)cc1. The summed E-state index contributed by atoms with van der Waals surface area (Å²) in [4.78, 5) is 16.8. The molecule has 0 aliphatic carbocycles. The van der Waals surface area contributed by atoms with Crippen LogP contribution in [0.2, 0.25) is 5.02 Å². The largest absolute Gasteiger partial charge is 0.326 e. The van der Waals surface area contributed by atoms with Crippen LogP contribution < -0.4 is 5.32 Å². The van der Waals surface area contributed by atoms with E-state index < -0.39 is 0 Å². The number of anilines is 2. The van der Waals surface area contributed by atoms with Crippen molar-refractivity contribution in [2.45, 2.75) is 26.8 Å². The smallest absolute Gasteiger partial charge is 0.208 e. The minimum absolute atomic E-state index is 0.0320. The number of fused-ring (bicyclic) bond motifs is 2. The maximum absolute atomic E-state index is 11.9. The molecular weight excluding hydrogens is 438 g/mol. The van der Waals surface area contributed by atoms with Crippen LogP contribution in [0.1, 0.15) is 35.3 Å². The van der Waals surface area contributed by atoms with E-state index in [0.29, 0.717) is 12.1 Å². The second kappa shape index (κ2) is 8.41. The van der Waals surface area contributed by atoms with E-state index in [9.17, 15) is 4.79 Å². The van der Waals surface area contributed by atoms with E-state index >= 15 is 0 Å². The standard InChI is InChI=1S/C26H22ClN3OS/c1-3-17-4-8-21(9-5-17)28-26-29-23-12-18(16(2)31)6-10-24(23)30(26)14-19-15-32-25-11-7-20(27)13-22(19)25/h4-13,15H,3,14H2,1-2H3,(H,28,29). The summed E-state index contributed by atoms with van der Waals surface area (Å²) in [6.45, 7) is 4.37. The van der Waals surface area contributed by atoms with Gasteiger partial charge >= 0.3 is 0 Å². The zero-order valence-electron chi connectivity index (χ0n) is 17.9. The van der Waals surface area contributed by atoms with Gasteiger partial charge in [0.2, 0.25) is 5.95 Å². The van der Waals surface area contributed by atoms with E-state index in [-0.39, 0.29) is 5.78 Å². The molecule has 2 heterocycles. The number of hydrogen-bond donors (Lipinski definition) is 1. The normalized spacial score (nSPS) is 11.3. The van der Waals surface area contributed by atoms with Crippen LogP contribution >= 0.6 is 22.9 Å². The summed E-state index contributed by atoms with van der Waals surface area (Å²) in [6, 6.07) is 20.1. The Labute approximate surface area is 195 Å². The van der Waals surface area contributed by atoms with Gasteiger partial charge in [0, 0.05) is 21.0 Å². The molecule has 1 N–H and O–H groups in total. The predicted octanol–water partition coefficient (Wildman–Crippen LogP) is 7.46. The van der Waals surface area contributed by atoms with Crippen LogP contribution in [0, 0.1) is 0 Å². The highest BCUT2D eigenvalue weighted by Gasteiger charge is 2.15. The van der Waals surface area contributed by atoms with Crippen LogP contribution in [-0.2, 0) is 13.0 Å². The van der Waals surface area contributed by atoms with Crippen LogP contribution in [0.15, 0.2) is 66.0 Å². The van der Waals surface area contributed by atoms with Crippen molar-refractivity contribution in [2.75, 3.05) is 5.32 Å². The van der Waals surface area contributed by atoms with Gasteiger partial charge in [-0.05, 0) is 83.8 Å². The van der Waals surface area contributed by atoms with E-state index in [1.165, 1.54) is 15.8 Å². The van der Waals surface area contributed by atoms with Crippen molar-refractivity contribution < 1.29 is 4.79 Å². The quantitative estimate of drug-likeness (QED) is 0.268. The Morgan fingerprint density at radius 3 is 2.66 bits per heavy atom. The molecule has 6 heteroatoms. The molecule has 0 aliphatic heterocycles. The number of thiophene rings is 1. The molecule has 4 nitrogen and oxygen atoms in total. The first-order valence-corrected chi connectivity index (χ1v) is 11.8. The van der Waals surface area contributed by atoms with Gasteiger partial charge < -0.3 is 9.88 Å². The summed E-state index contributed by atoms with van der Waals surface area (Å²) < 4.78 is 3.37. The fraction of sp³-hybridized carbons (Fsp3) is 0.154. The Hall–Kier alpha value is -3.15. The first-order valence-electron chi connectivity index (χ1n) is 10.5. The average molecular weight is 460 g/mol. The maximum atomic E-state index is 11.9. The molecule has 0 amide bonds. The first kappa shape index (κ1) is 20.7. The lowest BCUT2D eigenvalue weighted by Gasteiger charge is -2.11. The molecule has 0 atom stereocenters. The highest BCUT2D eigenvalue weighted by Crippen LogP contribution is 2.32. The van der Waals surface area contributed by atoms with Gasteiger partial charge in [-0.25, -0.2) is 4.98 Å². The lowest BCUT2D eigenvalue weighted by molar-refractivity contribution is 0.101. The number of aryl methyl sites for hydroxylation is 1. The fourth-order valence-corrected chi connectivity index (χ4v) is 5.01. The Morgan fingerprint density at radius 1 is 1.09 bits per heavy atom. The molecule has 0 unspecified atom stereocenters. The molecule has 2 aromatic heterocycles. The van der Waals surface area contributed by atoms with E-state index in [0.717, 1.165) is 39.5 Å². The Morgan fingerprint density at radius 2 is 1.91 bits per heavy atom. The van der Waals surface area contributed by atoms with Gasteiger partial charge in [0.25, 0.3) is 0 Å². The van der Waals surface area contributed by atoms with Crippen LogP contribution in [-0.4, -0.2) is 15.3 Å². The Kier molecular flexibility index (Phi) is 5.45. The number of aromatic nitrogens is 2. The number of hydrogen-bond acceptors (Lipinski definition) is 4. The second-order valence-electron chi connectivity index (χ2n) is 7.86. The molecule has 32 heavy (non-hydrogen) atoms. The van der Waals surface area contributed by atoms with Crippen molar-refractivity contribution in [3.63, 3.8) is 0 Å². The first-order chi connectivity index (χ1) is 15.5. The molecule has 0 saturated carbocycles. The Balaban J connectivity index is 1.61. The van der Waals surface area contributed by atoms with Crippen LogP contribution in [0.25, 0.3) is 21.1 Å². The summed E-state index contributed by atoms with van der Waals surface area (Å²) in [7, 11) is 0. The lowest BCUT2D eigenvalue weighted by atomic mass is 10.1. The number of ketones is 1. The molecule has 0 saturated heterocycles. The average Bonchev–Trinajstić information content (AvgIpc) is 3.35. The van der Waals surface area contributed by atoms with Gasteiger partial charge in [0.1, 0.15) is 0 Å². The molecule has 0 aliphatic rings. The molecule has 0 spiro atoms. The van der Waals surface area contributed by atoms with E-state index in [1.54, 1.807) is 18.3 Å². The predicted molar refractivity (Wildman–Crippen MR) is 135 cm³/mol. The third kappa shape index (κ3) is 3.90. The van der Waals surface area contributed by atoms with Crippen molar-refractivity contribution >= 4 is 61.5 Å². The van der Waals surface area contributed by atoms with Crippen molar-refractivity contribution in [1.82, 2.24) is 9.55 Å². The van der Waals surface area contributed by atoms with E-state index in [1.807, 2.05) is 30.3 Å². The molecular formula is C26H22ClN3OS. The summed E-state index contributed by atoms with van der Waals surface area (Å²) >= 11 is 7.99. The van der Waals surface area contributed by atoms with Gasteiger partial charge in [-0.1, -0.05) is 30.7 Å². The molecule has 0 bridgehead atoms. The Bertz CT molecular complexity index is 1450. The zero-order chi connectivity index (χ0) is 22.2.